The molecule has 8 heteroatoms. The van der Waals surface area contributed by atoms with E-state index in [1.165, 1.54) is 12.1 Å². The van der Waals surface area contributed by atoms with Crippen molar-refractivity contribution in [1.82, 2.24) is 4.90 Å². The van der Waals surface area contributed by atoms with Gasteiger partial charge in [-0.05, 0) is 18.6 Å². The summed E-state index contributed by atoms with van der Waals surface area (Å²) in [6.45, 7) is 1.97. The van der Waals surface area contributed by atoms with Crippen molar-refractivity contribution in [2.45, 2.75) is 24.4 Å². The number of carbonyl (C=O) groups excluding carboxylic acids is 2. The molecule has 0 unspecified atom stereocenters. The van der Waals surface area contributed by atoms with E-state index in [9.17, 15) is 19.7 Å². The fourth-order valence-corrected chi connectivity index (χ4v) is 7.45. The lowest BCUT2D eigenvalue weighted by Gasteiger charge is -2.36. The van der Waals surface area contributed by atoms with Gasteiger partial charge in [0.25, 0.3) is 5.69 Å². The number of Topliss-reactive ketones (excluding diaryl/α,β-unsaturated/α-hetero) is 1. The first-order valence-electron chi connectivity index (χ1n) is 11.5. The highest BCUT2D eigenvalue weighted by atomic mass is 32.2. The Morgan fingerprint density at radius 2 is 1.80 bits per heavy atom. The van der Waals surface area contributed by atoms with Gasteiger partial charge in [-0.1, -0.05) is 60.2 Å². The number of nitrogens with one attached hydrogen (secondary N) is 1. The lowest BCUT2D eigenvalue weighted by molar-refractivity contribution is -0.384. The third-order valence-corrected chi connectivity index (χ3v) is 8.67. The molecule has 1 amide bonds. The van der Waals surface area contributed by atoms with Gasteiger partial charge in [-0.15, -0.1) is 11.8 Å². The minimum Gasteiger partial charge on any atom is -0.324 e. The fourth-order valence-electron chi connectivity index (χ4n) is 6.12. The molecule has 1 N–H and O–H groups in total. The van der Waals surface area contributed by atoms with E-state index in [-0.39, 0.29) is 29.3 Å². The van der Waals surface area contributed by atoms with Crippen LogP contribution in [0.5, 0.6) is 0 Å². The summed E-state index contributed by atoms with van der Waals surface area (Å²) in [6.07, 6.45) is 0. The van der Waals surface area contributed by atoms with Gasteiger partial charge in [0.1, 0.15) is 5.54 Å². The topological polar surface area (TPSA) is 92.5 Å². The standard InChI is InChI=1S/C27H23N3O4S/c1-16-6-8-18(9-7-16)25(31)24-23(17-10-12-19(13-11-17)30(33)34)22-14-35-15-29(22)27(24)20-4-2-3-5-21(20)28-26(27)32/h2-13,22-24H,14-15H2,1H3,(H,28,32)/t22-,23+,24-,27+/m0/s1. The number of para-hydroxylation sites is 1. The monoisotopic (exact) mass is 485 g/mol. The molecule has 0 saturated carbocycles. The fraction of sp³-hybridized carbons (Fsp3) is 0.259. The van der Waals surface area contributed by atoms with Crippen LogP contribution in [0.1, 0.15) is 33.0 Å². The number of fused-ring (bicyclic) bond motifs is 4. The van der Waals surface area contributed by atoms with Gasteiger partial charge < -0.3 is 5.32 Å². The lowest BCUT2D eigenvalue weighted by atomic mass is 9.69. The first kappa shape index (κ1) is 22.0. The first-order valence-corrected chi connectivity index (χ1v) is 12.7. The highest BCUT2D eigenvalue weighted by molar-refractivity contribution is 7.99. The van der Waals surface area contributed by atoms with Crippen molar-refractivity contribution in [1.29, 1.82) is 0 Å². The van der Waals surface area contributed by atoms with Crippen molar-refractivity contribution in [2.75, 3.05) is 16.9 Å². The van der Waals surface area contributed by atoms with Gasteiger partial charge in [0.2, 0.25) is 5.91 Å². The third-order valence-electron chi connectivity index (χ3n) is 7.64. The minimum absolute atomic E-state index is 0.00415. The normalized spacial score (nSPS) is 27.0. The Morgan fingerprint density at radius 1 is 1.09 bits per heavy atom. The molecule has 3 aliphatic heterocycles. The molecule has 7 nitrogen and oxygen atoms in total. The number of rotatable bonds is 4. The van der Waals surface area contributed by atoms with Crippen LogP contribution in [-0.2, 0) is 10.3 Å². The van der Waals surface area contributed by atoms with E-state index in [0.717, 1.165) is 28.1 Å². The number of hydrogen-bond acceptors (Lipinski definition) is 6. The number of hydrogen-bond donors (Lipinski definition) is 1. The molecule has 6 rings (SSSR count). The Bertz CT molecular complexity index is 1360. The van der Waals surface area contributed by atoms with Crippen molar-refractivity contribution >= 4 is 34.8 Å². The predicted molar refractivity (Wildman–Crippen MR) is 135 cm³/mol. The Morgan fingerprint density at radius 3 is 2.51 bits per heavy atom. The zero-order chi connectivity index (χ0) is 24.3. The molecule has 3 aromatic rings. The van der Waals surface area contributed by atoms with E-state index in [2.05, 4.69) is 10.2 Å². The molecule has 35 heavy (non-hydrogen) atoms. The molecule has 176 valence electrons. The van der Waals surface area contributed by atoms with Crippen LogP contribution in [0.4, 0.5) is 11.4 Å². The molecule has 3 heterocycles. The van der Waals surface area contributed by atoms with E-state index in [1.54, 1.807) is 23.9 Å². The second-order valence-corrected chi connectivity index (χ2v) is 10.4. The van der Waals surface area contributed by atoms with Crippen molar-refractivity contribution in [2.24, 2.45) is 5.92 Å². The van der Waals surface area contributed by atoms with Gasteiger partial charge in [0, 0.05) is 52.5 Å². The van der Waals surface area contributed by atoms with Crippen LogP contribution in [0.25, 0.3) is 0 Å². The molecular formula is C27H23N3O4S. The van der Waals surface area contributed by atoms with Crippen LogP contribution in [0.15, 0.2) is 72.8 Å². The summed E-state index contributed by atoms with van der Waals surface area (Å²) >= 11 is 1.75. The maximum absolute atomic E-state index is 14.3. The van der Waals surface area contributed by atoms with Gasteiger partial charge >= 0.3 is 0 Å². The number of carbonyl (C=O) groups is 2. The molecule has 2 fully saturated rings. The van der Waals surface area contributed by atoms with Crippen LogP contribution in [0.2, 0.25) is 0 Å². The average molecular weight is 486 g/mol. The van der Waals surface area contributed by atoms with E-state index >= 15 is 0 Å². The Kier molecular flexibility index (Phi) is 5.05. The SMILES string of the molecule is Cc1ccc(C(=O)[C@@H]2[C@H](c3ccc([N+](=O)[O-])cc3)[C@@H]3CSCN3[C@@]23C(=O)Nc2ccccc23)cc1. The zero-order valence-electron chi connectivity index (χ0n) is 19.0. The van der Waals surface area contributed by atoms with Crippen LogP contribution < -0.4 is 5.32 Å². The molecule has 0 aromatic heterocycles. The molecule has 0 bridgehead atoms. The van der Waals surface area contributed by atoms with E-state index < -0.39 is 16.4 Å². The number of aryl methyl sites for hydroxylation is 1. The van der Waals surface area contributed by atoms with Crippen LogP contribution in [0.3, 0.4) is 0 Å². The molecule has 1 spiro atoms. The molecule has 0 aliphatic carbocycles. The molecule has 3 aromatic carbocycles. The first-order chi connectivity index (χ1) is 16.9. The number of amides is 1. The van der Waals surface area contributed by atoms with Crippen LogP contribution in [-0.4, -0.2) is 39.2 Å². The summed E-state index contributed by atoms with van der Waals surface area (Å²) in [5, 5.41) is 14.3. The van der Waals surface area contributed by atoms with Gasteiger partial charge in [-0.2, -0.15) is 0 Å². The minimum atomic E-state index is -1.14. The smallest absolute Gasteiger partial charge is 0.269 e. The highest BCUT2D eigenvalue weighted by Gasteiger charge is 2.69. The van der Waals surface area contributed by atoms with Gasteiger partial charge in [0.05, 0.1) is 10.8 Å². The number of non-ortho nitro benzene ring substituents is 1. The zero-order valence-corrected chi connectivity index (χ0v) is 19.8. The average Bonchev–Trinajstić information content (AvgIpc) is 3.52. The molecule has 0 radical (unpaired) electrons. The summed E-state index contributed by atoms with van der Waals surface area (Å²) < 4.78 is 0. The summed E-state index contributed by atoms with van der Waals surface area (Å²) in [7, 11) is 0. The maximum Gasteiger partial charge on any atom is 0.269 e. The van der Waals surface area contributed by atoms with Crippen LogP contribution >= 0.6 is 11.8 Å². The second kappa shape index (κ2) is 8.03. The predicted octanol–water partition coefficient (Wildman–Crippen LogP) is 4.72. The molecular weight excluding hydrogens is 462 g/mol. The summed E-state index contributed by atoms with van der Waals surface area (Å²) in [4.78, 5) is 41.3. The number of ketones is 1. The van der Waals surface area contributed by atoms with Crippen molar-refractivity contribution < 1.29 is 14.5 Å². The quantitative estimate of drug-likeness (QED) is 0.327. The highest BCUT2D eigenvalue weighted by Crippen LogP contribution is 2.61. The van der Waals surface area contributed by atoms with E-state index in [1.807, 2.05) is 55.5 Å². The largest absolute Gasteiger partial charge is 0.324 e. The number of benzene rings is 3. The van der Waals surface area contributed by atoms with Gasteiger partial charge in [-0.3, -0.25) is 24.6 Å². The molecule has 3 aliphatic rings. The van der Waals surface area contributed by atoms with Gasteiger partial charge in [0.15, 0.2) is 5.78 Å². The summed E-state index contributed by atoms with van der Waals surface area (Å²) in [5.41, 5.74) is 2.89. The molecule has 4 atom stereocenters. The Balaban J connectivity index is 1.58. The Labute approximate surface area is 206 Å². The van der Waals surface area contributed by atoms with Gasteiger partial charge in [-0.25, -0.2) is 0 Å². The summed E-state index contributed by atoms with van der Waals surface area (Å²) in [6, 6.07) is 21.5. The van der Waals surface area contributed by atoms with Crippen molar-refractivity contribution in [3.63, 3.8) is 0 Å². The molecule has 2 saturated heterocycles. The lowest BCUT2D eigenvalue weighted by Crippen LogP contribution is -2.52. The number of nitrogens with zero attached hydrogens (tertiary/aromatic N) is 2. The maximum atomic E-state index is 14.3. The second-order valence-electron chi connectivity index (χ2n) is 9.39. The van der Waals surface area contributed by atoms with Crippen molar-refractivity contribution in [3.05, 3.63) is 105 Å². The third kappa shape index (κ3) is 3.10. The number of anilines is 1. The van der Waals surface area contributed by atoms with Crippen LogP contribution in [0, 0.1) is 23.0 Å². The van der Waals surface area contributed by atoms with E-state index in [0.29, 0.717) is 11.4 Å². The number of thioether (sulfide) groups is 1. The number of nitro groups is 1. The Hall–Kier alpha value is -3.49. The van der Waals surface area contributed by atoms with E-state index in [4.69, 9.17) is 0 Å². The van der Waals surface area contributed by atoms with Crippen molar-refractivity contribution in [3.8, 4) is 0 Å². The summed E-state index contributed by atoms with van der Waals surface area (Å²) in [5.74, 6) is 0.169. The number of nitro benzene ring substituents is 1.